The number of aromatic nitrogens is 1. The Hall–Kier alpha value is -2.02. The van der Waals surface area contributed by atoms with E-state index in [1.54, 1.807) is 39.8 Å². The van der Waals surface area contributed by atoms with Gasteiger partial charge in [-0.1, -0.05) is 41.9 Å². The molecular weight excluding hydrogens is 493 g/mol. The van der Waals surface area contributed by atoms with Crippen molar-refractivity contribution in [2.24, 2.45) is 5.41 Å². The zero-order chi connectivity index (χ0) is 26.1. The van der Waals surface area contributed by atoms with Crippen LogP contribution in [-0.4, -0.2) is 34.0 Å². The Bertz CT molecular complexity index is 1130. The number of rotatable bonds is 6. The number of hydrogen-bond acceptors (Lipinski definition) is 4. The number of esters is 1. The van der Waals surface area contributed by atoms with Crippen molar-refractivity contribution >= 4 is 34.7 Å². The third-order valence-corrected chi connectivity index (χ3v) is 6.87. The summed E-state index contributed by atoms with van der Waals surface area (Å²) in [4.78, 5) is 19.9. The molecule has 0 spiro atoms. The average molecular weight is 525 g/mol. The Kier molecular flexibility index (Phi) is 8.30. The Morgan fingerprint density at radius 1 is 1.29 bits per heavy atom. The minimum Gasteiger partial charge on any atom is -0.460 e. The smallest absolute Gasteiger partial charge is 0.313 e. The quantitative estimate of drug-likeness (QED) is 0.294. The van der Waals surface area contributed by atoms with Gasteiger partial charge in [-0.15, -0.1) is 0 Å². The molecular formula is C27H32Cl2F2N2O2. The SMILES string of the molecule is C=C(C)c1cc(Cl)nc(CC2(C(=O)OC(C)(C)C)CCN(Cc3cccc(Cl)c3F)[C@H](C)C2)c1F. The van der Waals surface area contributed by atoms with E-state index in [1.807, 2.05) is 6.92 Å². The number of allylic oxidation sites excluding steroid dienone is 1. The molecule has 0 aliphatic carbocycles. The third-order valence-electron chi connectivity index (χ3n) is 6.38. The highest BCUT2D eigenvalue weighted by Crippen LogP contribution is 2.42. The van der Waals surface area contributed by atoms with E-state index in [2.05, 4.69) is 16.5 Å². The molecule has 2 aromatic rings. The van der Waals surface area contributed by atoms with Gasteiger partial charge in [0, 0.05) is 30.1 Å². The first-order valence-electron chi connectivity index (χ1n) is 11.6. The summed E-state index contributed by atoms with van der Waals surface area (Å²) in [6.45, 7) is 13.7. The number of piperidine rings is 1. The van der Waals surface area contributed by atoms with Gasteiger partial charge in [0.2, 0.25) is 0 Å². The highest BCUT2D eigenvalue weighted by atomic mass is 35.5. The van der Waals surface area contributed by atoms with Crippen LogP contribution < -0.4 is 0 Å². The van der Waals surface area contributed by atoms with E-state index in [4.69, 9.17) is 27.9 Å². The molecule has 1 aliphatic heterocycles. The molecule has 1 fully saturated rings. The minimum absolute atomic E-state index is 0.0400. The fourth-order valence-corrected chi connectivity index (χ4v) is 5.01. The Morgan fingerprint density at radius 3 is 2.57 bits per heavy atom. The van der Waals surface area contributed by atoms with Crippen LogP contribution in [0, 0.1) is 17.0 Å². The Balaban J connectivity index is 1.94. The molecule has 190 valence electrons. The lowest BCUT2D eigenvalue weighted by atomic mass is 9.71. The van der Waals surface area contributed by atoms with Crippen molar-refractivity contribution in [1.82, 2.24) is 9.88 Å². The number of halogens is 4. The van der Waals surface area contributed by atoms with Gasteiger partial charge in [-0.2, -0.15) is 0 Å². The molecule has 0 saturated carbocycles. The number of pyridine rings is 1. The van der Waals surface area contributed by atoms with Crippen molar-refractivity contribution in [3.8, 4) is 0 Å². The maximum absolute atomic E-state index is 15.4. The summed E-state index contributed by atoms with van der Waals surface area (Å²) in [6, 6.07) is 6.26. The van der Waals surface area contributed by atoms with Crippen LogP contribution in [0.25, 0.3) is 5.57 Å². The average Bonchev–Trinajstić information content (AvgIpc) is 2.74. The molecule has 0 radical (unpaired) electrons. The zero-order valence-electron chi connectivity index (χ0n) is 20.9. The van der Waals surface area contributed by atoms with E-state index in [1.165, 1.54) is 12.1 Å². The molecule has 1 aromatic carbocycles. The molecule has 2 heterocycles. The number of likely N-dealkylation sites (tertiary alicyclic amines) is 1. The first kappa shape index (κ1) is 27.6. The summed E-state index contributed by atoms with van der Waals surface area (Å²) in [5, 5.41) is 0.215. The minimum atomic E-state index is -1.01. The number of benzene rings is 1. The lowest BCUT2D eigenvalue weighted by Crippen LogP contribution is -2.51. The summed E-state index contributed by atoms with van der Waals surface area (Å²) in [5.41, 5.74) is -0.323. The first-order chi connectivity index (χ1) is 16.2. The van der Waals surface area contributed by atoms with Crippen molar-refractivity contribution in [3.05, 3.63) is 69.5 Å². The lowest BCUT2D eigenvalue weighted by molar-refractivity contribution is -0.172. The van der Waals surface area contributed by atoms with Gasteiger partial charge in [-0.25, -0.2) is 13.8 Å². The van der Waals surface area contributed by atoms with Crippen LogP contribution in [0.1, 0.15) is 64.3 Å². The molecule has 2 atom stereocenters. The normalized spacial score (nSPS) is 21.1. The number of nitrogens with zero attached hydrogens (tertiary/aromatic N) is 2. The van der Waals surface area contributed by atoms with Crippen LogP contribution in [-0.2, 0) is 22.5 Å². The number of hydrogen-bond donors (Lipinski definition) is 0. The second kappa shape index (κ2) is 10.5. The summed E-state index contributed by atoms with van der Waals surface area (Å²) < 4.78 is 35.7. The fourth-order valence-electron chi connectivity index (χ4n) is 4.60. The lowest BCUT2D eigenvalue weighted by Gasteiger charge is -2.45. The van der Waals surface area contributed by atoms with E-state index in [-0.39, 0.29) is 33.9 Å². The van der Waals surface area contributed by atoms with E-state index in [0.717, 1.165) is 0 Å². The molecule has 8 heteroatoms. The molecule has 0 N–H and O–H groups in total. The van der Waals surface area contributed by atoms with Gasteiger partial charge in [0.25, 0.3) is 0 Å². The molecule has 4 nitrogen and oxygen atoms in total. The highest BCUT2D eigenvalue weighted by Gasteiger charge is 2.47. The van der Waals surface area contributed by atoms with Crippen molar-refractivity contribution in [2.75, 3.05) is 6.54 Å². The van der Waals surface area contributed by atoms with Gasteiger partial charge in [0.1, 0.15) is 16.6 Å². The maximum atomic E-state index is 15.4. The van der Waals surface area contributed by atoms with Crippen LogP contribution in [0.2, 0.25) is 10.2 Å². The van der Waals surface area contributed by atoms with Crippen molar-refractivity contribution in [3.63, 3.8) is 0 Å². The largest absolute Gasteiger partial charge is 0.460 e. The van der Waals surface area contributed by atoms with Gasteiger partial charge in [0.15, 0.2) is 5.82 Å². The number of carbonyl (C=O) groups is 1. The van der Waals surface area contributed by atoms with Crippen LogP contribution in [0.5, 0.6) is 0 Å². The van der Waals surface area contributed by atoms with Crippen molar-refractivity contribution < 1.29 is 18.3 Å². The highest BCUT2D eigenvalue weighted by molar-refractivity contribution is 6.30. The summed E-state index contributed by atoms with van der Waals surface area (Å²) >= 11 is 12.2. The van der Waals surface area contributed by atoms with Gasteiger partial charge < -0.3 is 4.74 Å². The molecule has 0 bridgehead atoms. The standard InChI is InChI=1S/C27H32Cl2F2N2O2/c1-16(2)19-12-22(29)32-21(24(19)31)14-27(25(34)35-26(4,5)6)10-11-33(17(3)13-27)15-18-8-7-9-20(28)23(18)30/h7-9,12,17H,1,10-11,13-15H2,2-6H3/t17-,27?/m1/s1. The van der Waals surface area contributed by atoms with E-state index in [9.17, 15) is 9.18 Å². The Labute approximate surface area is 216 Å². The van der Waals surface area contributed by atoms with Crippen LogP contribution in [0.15, 0.2) is 30.8 Å². The third kappa shape index (κ3) is 6.41. The second-order valence-electron chi connectivity index (χ2n) is 10.5. The first-order valence-corrected chi connectivity index (χ1v) is 12.4. The van der Waals surface area contributed by atoms with Gasteiger partial charge in [-0.05, 0) is 71.7 Å². The fraction of sp³-hybridized carbons (Fsp3) is 0.481. The van der Waals surface area contributed by atoms with E-state index < -0.39 is 28.6 Å². The molecule has 0 amide bonds. The molecule has 3 rings (SSSR count). The van der Waals surface area contributed by atoms with E-state index >= 15 is 4.39 Å². The monoisotopic (exact) mass is 524 g/mol. The summed E-state index contributed by atoms with van der Waals surface area (Å²) in [5.74, 6) is -1.37. The summed E-state index contributed by atoms with van der Waals surface area (Å²) in [7, 11) is 0. The van der Waals surface area contributed by atoms with Crippen LogP contribution in [0.4, 0.5) is 8.78 Å². The molecule has 1 unspecified atom stereocenters. The second-order valence-corrected chi connectivity index (χ2v) is 11.3. The van der Waals surface area contributed by atoms with Crippen molar-refractivity contribution in [1.29, 1.82) is 0 Å². The predicted octanol–water partition coefficient (Wildman–Crippen LogP) is 7.25. The van der Waals surface area contributed by atoms with Gasteiger partial charge in [0.05, 0.1) is 16.1 Å². The number of ether oxygens (including phenoxy) is 1. The molecule has 1 aromatic heterocycles. The van der Waals surface area contributed by atoms with Gasteiger partial charge >= 0.3 is 5.97 Å². The molecule has 1 aliphatic rings. The maximum Gasteiger partial charge on any atom is 0.313 e. The number of carbonyl (C=O) groups excluding carboxylic acids is 1. The van der Waals surface area contributed by atoms with Gasteiger partial charge in [-0.3, -0.25) is 9.69 Å². The molecule has 1 saturated heterocycles. The van der Waals surface area contributed by atoms with Crippen molar-refractivity contribution in [2.45, 2.75) is 72.1 Å². The molecule has 35 heavy (non-hydrogen) atoms. The van der Waals surface area contributed by atoms with Crippen LogP contribution >= 0.6 is 23.2 Å². The topological polar surface area (TPSA) is 42.4 Å². The zero-order valence-corrected chi connectivity index (χ0v) is 22.4. The summed E-state index contributed by atoms with van der Waals surface area (Å²) in [6.07, 6.45) is 0.822. The Morgan fingerprint density at radius 2 is 1.97 bits per heavy atom. The predicted molar refractivity (Wildman–Crippen MR) is 136 cm³/mol. The van der Waals surface area contributed by atoms with Crippen LogP contribution in [0.3, 0.4) is 0 Å². The van der Waals surface area contributed by atoms with E-state index in [0.29, 0.717) is 37.1 Å².